The van der Waals surface area contributed by atoms with Gasteiger partial charge in [0.05, 0.1) is 12.1 Å². The number of hydrogen-bond acceptors (Lipinski definition) is 2. The lowest BCUT2D eigenvalue weighted by molar-refractivity contribution is 0.145. The Morgan fingerprint density at radius 2 is 1.93 bits per heavy atom. The van der Waals surface area contributed by atoms with Crippen LogP contribution in [-0.4, -0.2) is 17.8 Å². The number of hydrogen-bond donors (Lipinski definition) is 2. The molecule has 3 heteroatoms. The molecule has 2 unspecified atom stereocenters. The first kappa shape index (κ1) is 12.5. The molecule has 2 N–H and O–H groups in total. The highest BCUT2D eigenvalue weighted by Crippen LogP contribution is 2.19. The van der Waals surface area contributed by atoms with Crippen molar-refractivity contribution in [3.8, 4) is 0 Å². The molecule has 0 saturated carbocycles. The van der Waals surface area contributed by atoms with Crippen LogP contribution < -0.4 is 5.32 Å². The molecule has 1 aromatic rings. The first-order valence-electron chi connectivity index (χ1n) is 5.32. The van der Waals surface area contributed by atoms with Gasteiger partial charge in [0.25, 0.3) is 0 Å². The van der Waals surface area contributed by atoms with Crippen molar-refractivity contribution in [1.29, 1.82) is 0 Å². The zero-order chi connectivity index (χ0) is 11.3. The Morgan fingerprint density at radius 1 is 1.33 bits per heavy atom. The molecule has 0 radical (unpaired) electrons. The van der Waals surface area contributed by atoms with Gasteiger partial charge in [-0.05, 0) is 37.6 Å². The van der Waals surface area contributed by atoms with Gasteiger partial charge < -0.3 is 10.4 Å². The van der Waals surface area contributed by atoms with Gasteiger partial charge in [0.2, 0.25) is 0 Å². The highest BCUT2D eigenvalue weighted by atomic mass is 35.5. The summed E-state index contributed by atoms with van der Waals surface area (Å²) in [6, 6.07) is 7.58. The third-order valence-corrected chi connectivity index (χ3v) is 2.58. The molecule has 0 spiro atoms. The van der Waals surface area contributed by atoms with Gasteiger partial charge in [0.15, 0.2) is 0 Å². The van der Waals surface area contributed by atoms with Crippen molar-refractivity contribution in [2.75, 3.05) is 6.54 Å². The van der Waals surface area contributed by atoms with Crippen LogP contribution in [0.5, 0.6) is 0 Å². The molecule has 0 aromatic heterocycles. The number of nitrogens with one attached hydrogen (secondary N) is 1. The summed E-state index contributed by atoms with van der Waals surface area (Å²) < 4.78 is 0. The maximum atomic E-state index is 9.67. The van der Waals surface area contributed by atoms with Crippen molar-refractivity contribution in [3.63, 3.8) is 0 Å². The third-order valence-electron chi connectivity index (χ3n) is 2.33. The van der Waals surface area contributed by atoms with Crippen LogP contribution in [-0.2, 0) is 0 Å². The number of benzene rings is 1. The van der Waals surface area contributed by atoms with Gasteiger partial charge >= 0.3 is 0 Å². The fourth-order valence-corrected chi connectivity index (χ4v) is 1.66. The van der Waals surface area contributed by atoms with Crippen LogP contribution in [0.25, 0.3) is 0 Å². The van der Waals surface area contributed by atoms with Crippen molar-refractivity contribution < 1.29 is 5.11 Å². The fraction of sp³-hybridized carbons (Fsp3) is 0.500. The Balaban J connectivity index is 2.74. The summed E-state index contributed by atoms with van der Waals surface area (Å²) in [4.78, 5) is 0. The van der Waals surface area contributed by atoms with Crippen LogP contribution in [0.2, 0.25) is 5.02 Å². The first-order valence-corrected chi connectivity index (χ1v) is 5.70. The van der Waals surface area contributed by atoms with Gasteiger partial charge in [0.1, 0.15) is 0 Å². The molecule has 0 aliphatic heterocycles. The van der Waals surface area contributed by atoms with Crippen LogP contribution in [0.1, 0.15) is 31.9 Å². The molecule has 0 bridgehead atoms. The van der Waals surface area contributed by atoms with E-state index in [0.717, 1.165) is 23.6 Å². The summed E-state index contributed by atoms with van der Waals surface area (Å²) in [6.07, 6.45) is 0.648. The summed E-state index contributed by atoms with van der Waals surface area (Å²) in [5.74, 6) is 0. The molecule has 2 atom stereocenters. The lowest BCUT2D eigenvalue weighted by atomic mass is 10.0. The predicted octanol–water partition coefficient (Wildman–Crippen LogP) is 2.76. The highest BCUT2D eigenvalue weighted by molar-refractivity contribution is 6.30. The Bertz CT molecular complexity index is 284. The lowest BCUT2D eigenvalue weighted by Crippen LogP contribution is -2.30. The molecule has 0 heterocycles. The Kier molecular flexibility index (Phi) is 5.09. The summed E-state index contributed by atoms with van der Waals surface area (Å²) in [7, 11) is 0. The van der Waals surface area contributed by atoms with Crippen LogP contribution in [0.4, 0.5) is 0 Å². The normalized spacial score (nSPS) is 14.9. The second-order valence-corrected chi connectivity index (χ2v) is 4.16. The van der Waals surface area contributed by atoms with Gasteiger partial charge in [-0.1, -0.05) is 30.7 Å². The average molecular weight is 228 g/mol. The van der Waals surface area contributed by atoms with Crippen LogP contribution in [0, 0.1) is 0 Å². The molecule has 1 aromatic carbocycles. The van der Waals surface area contributed by atoms with E-state index < -0.39 is 6.10 Å². The lowest BCUT2D eigenvalue weighted by Gasteiger charge is -2.21. The third kappa shape index (κ3) is 3.82. The van der Waals surface area contributed by atoms with Crippen LogP contribution in [0.15, 0.2) is 24.3 Å². The summed E-state index contributed by atoms with van der Waals surface area (Å²) in [5.41, 5.74) is 1.07. The van der Waals surface area contributed by atoms with E-state index in [0.29, 0.717) is 0 Å². The minimum Gasteiger partial charge on any atom is -0.391 e. The first-order chi connectivity index (χ1) is 7.15. The molecule has 0 amide bonds. The van der Waals surface area contributed by atoms with E-state index in [9.17, 15) is 5.11 Å². The van der Waals surface area contributed by atoms with Crippen molar-refractivity contribution in [2.45, 2.75) is 32.4 Å². The molecule has 84 valence electrons. The van der Waals surface area contributed by atoms with Crippen molar-refractivity contribution in [2.24, 2.45) is 0 Å². The van der Waals surface area contributed by atoms with Crippen molar-refractivity contribution in [1.82, 2.24) is 5.32 Å². The largest absolute Gasteiger partial charge is 0.391 e. The molecule has 2 nitrogen and oxygen atoms in total. The van der Waals surface area contributed by atoms with E-state index in [4.69, 9.17) is 11.6 Å². The van der Waals surface area contributed by atoms with Gasteiger partial charge in [-0.15, -0.1) is 0 Å². The maximum absolute atomic E-state index is 9.67. The van der Waals surface area contributed by atoms with Crippen molar-refractivity contribution >= 4 is 11.6 Å². The van der Waals surface area contributed by atoms with Gasteiger partial charge in [-0.25, -0.2) is 0 Å². The molecular weight excluding hydrogens is 210 g/mol. The van der Waals surface area contributed by atoms with E-state index in [1.165, 1.54) is 0 Å². The second kappa shape index (κ2) is 6.11. The topological polar surface area (TPSA) is 32.3 Å². The minimum atomic E-state index is -0.405. The summed E-state index contributed by atoms with van der Waals surface area (Å²) in [5, 5.41) is 13.7. The summed E-state index contributed by atoms with van der Waals surface area (Å²) >= 11 is 5.82. The van der Waals surface area contributed by atoms with Gasteiger partial charge in [-0.2, -0.15) is 0 Å². The standard InChI is InChI=1S/C12H18ClNO/c1-3-8-14-12(9(2)15)10-4-6-11(13)7-5-10/h4-7,9,12,14-15H,3,8H2,1-2H3. The monoisotopic (exact) mass is 227 g/mol. The fourth-order valence-electron chi connectivity index (χ4n) is 1.54. The van der Waals surface area contributed by atoms with E-state index in [-0.39, 0.29) is 6.04 Å². The van der Waals surface area contributed by atoms with E-state index in [1.807, 2.05) is 24.3 Å². The SMILES string of the molecule is CCCNC(c1ccc(Cl)cc1)C(C)O. The minimum absolute atomic E-state index is 0.0118. The van der Waals surface area contributed by atoms with E-state index in [2.05, 4.69) is 12.2 Å². The zero-order valence-electron chi connectivity index (χ0n) is 9.20. The van der Waals surface area contributed by atoms with Crippen molar-refractivity contribution in [3.05, 3.63) is 34.9 Å². The van der Waals surface area contributed by atoms with E-state index in [1.54, 1.807) is 6.92 Å². The number of aliphatic hydroxyl groups excluding tert-OH is 1. The maximum Gasteiger partial charge on any atom is 0.0706 e. The van der Waals surface area contributed by atoms with Gasteiger partial charge in [-0.3, -0.25) is 0 Å². The van der Waals surface area contributed by atoms with Crippen LogP contribution >= 0.6 is 11.6 Å². The molecule has 1 rings (SSSR count). The van der Waals surface area contributed by atoms with Gasteiger partial charge in [0, 0.05) is 5.02 Å². The molecule has 0 aliphatic carbocycles. The molecule has 15 heavy (non-hydrogen) atoms. The highest BCUT2D eigenvalue weighted by Gasteiger charge is 2.15. The smallest absolute Gasteiger partial charge is 0.0706 e. The molecule has 0 saturated heterocycles. The molecular formula is C12H18ClNO. The quantitative estimate of drug-likeness (QED) is 0.811. The Hall–Kier alpha value is -0.570. The average Bonchev–Trinajstić information content (AvgIpc) is 2.21. The molecule has 0 fully saturated rings. The number of aliphatic hydroxyl groups is 1. The predicted molar refractivity (Wildman–Crippen MR) is 64.2 cm³/mol. The van der Waals surface area contributed by atoms with E-state index >= 15 is 0 Å². The van der Waals surface area contributed by atoms with Crippen LogP contribution in [0.3, 0.4) is 0 Å². The Morgan fingerprint density at radius 3 is 2.40 bits per heavy atom. The summed E-state index contributed by atoms with van der Waals surface area (Å²) in [6.45, 7) is 4.80. The second-order valence-electron chi connectivity index (χ2n) is 3.72. The molecule has 0 aliphatic rings. The Labute approximate surface area is 96.3 Å². The number of rotatable bonds is 5. The number of halogens is 1. The zero-order valence-corrected chi connectivity index (χ0v) is 9.96.